The lowest BCUT2D eigenvalue weighted by molar-refractivity contribution is -0.383. The summed E-state index contributed by atoms with van der Waals surface area (Å²) in [7, 11) is 1.52. The number of nitrogens with one attached hydrogen (secondary N) is 1. The highest BCUT2D eigenvalue weighted by Crippen LogP contribution is 2.36. The predicted molar refractivity (Wildman–Crippen MR) is 106 cm³/mol. The molecule has 2 heterocycles. The Labute approximate surface area is 167 Å². The minimum atomic E-state index is -0.509. The molecule has 0 atom stereocenters. The Kier molecular flexibility index (Phi) is 6.27. The minimum absolute atomic E-state index is 0.0670. The third-order valence-corrected chi connectivity index (χ3v) is 4.45. The van der Waals surface area contributed by atoms with E-state index in [4.69, 9.17) is 9.47 Å². The van der Waals surface area contributed by atoms with Gasteiger partial charge in [0.25, 0.3) is 0 Å². The molecular formula is C18H22N6O5. The van der Waals surface area contributed by atoms with Crippen molar-refractivity contribution in [1.29, 1.82) is 0 Å². The molecule has 1 aliphatic heterocycles. The second kappa shape index (κ2) is 9.04. The van der Waals surface area contributed by atoms with E-state index in [1.807, 2.05) is 0 Å². The molecule has 0 spiro atoms. The monoisotopic (exact) mass is 402 g/mol. The molecule has 1 amide bonds. The molecule has 29 heavy (non-hydrogen) atoms. The van der Waals surface area contributed by atoms with Crippen molar-refractivity contribution < 1.29 is 19.2 Å². The smallest absolute Gasteiger partial charge is 0.409 e. The Morgan fingerprint density at radius 1 is 1.24 bits per heavy atom. The molecule has 0 radical (unpaired) electrons. The number of hydrogen-bond acceptors (Lipinski definition) is 9. The van der Waals surface area contributed by atoms with Gasteiger partial charge in [0.05, 0.1) is 24.3 Å². The lowest BCUT2D eigenvalue weighted by Crippen LogP contribution is -2.49. The van der Waals surface area contributed by atoms with Crippen molar-refractivity contribution in [3.8, 4) is 5.75 Å². The van der Waals surface area contributed by atoms with E-state index < -0.39 is 4.92 Å². The highest BCUT2D eigenvalue weighted by atomic mass is 16.6. The fourth-order valence-electron chi connectivity index (χ4n) is 3.05. The number of para-hydroxylation sites is 2. The summed E-state index contributed by atoms with van der Waals surface area (Å²) in [6.07, 6.45) is 0.889. The Bertz CT molecular complexity index is 885. The van der Waals surface area contributed by atoms with Crippen LogP contribution in [-0.2, 0) is 4.74 Å². The first kappa shape index (κ1) is 20.1. The number of nitro groups is 1. The van der Waals surface area contributed by atoms with Crippen molar-refractivity contribution in [2.24, 2.45) is 0 Å². The molecule has 1 aromatic heterocycles. The normalized spacial score (nSPS) is 13.7. The number of aromatic nitrogens is 2. The second-order valence-electron chi connectivity index (χ2n) is 6.15. The van der Waals surface area contributed by atoms with Crippen LogP contribution in [0.4, 0.5) is 27.8 Å². The van der Waals surface area contributed by atoms with Gasteiger partial charge in [-0.1, -0.05) is 12.1 Å². The van der Waals surface area contributed by atoms with Gasteiger partial charge in [-0.2, -0.15) is 0 Å². The van der Waals surface area contributed by atoms with Gasteiger partial charge in [-0.3, -0.25) is 10.1 Å². The lowest BCUT2D eigenvalue weighted by Gasteiger charge is -2.34. The van der Waals surface area contributed by atoms with E-state index in [1.54, 1.807) is 41.0 Å². The van der Waals surface area contributed by atoms with Crippen LogP contribution in [0.5, 0.6) is 5.75 Å². The molecule has 0 aliphatic carbocycles. The van der Waals surface area contributed by atoms with Gasteiger partial charge in [0.15, 0.2) is 0 Å². The van der Waals surface area contributed by atoms with Crippen LogP contribution in [0.25, 0.3) is 0 Å². The maximum absolute atomic E-state index is 11.9. The van der Waals surface area contributed by atoms with Crippen molar-refractivity contribution in [3.63, 3.8) is 0 Å². The quantitative estimate of drug-likeness (QED) is 0.573. The Hall–Kier alpha value is -3.63. The first-order valence-corrected chi connectivity index (χ1v) is 9.11. The van der Waals surface area contributed by atoms with Crippen LogP contribution in [0, 0.1) is 10.1 Å². The number of carbonyl (C=O) groups excluding carboxylic acids is 1. The van der Waals surface area contributed by atoms with Crippen LogP contribution >= 0.6 is 0 Å². The zero-order valence-electron chi connectivity index (χ0n) is 16.2. The number of benzene rings is 1. The molecule has 1 aliphatic rings. The van der Waals surface area contributed by atoms with Gasteiger partial charge in [-0.15, -0.1) is 0 Å². The third-order valence-electron chi connectivity index (χ3n) is 4.45. The van der Waals surface area contributed by atoms with Gasteiger partial charge < -0.3 is 24.6 Å². The first-order chi connectivity index (χ1) is 14.0. The molecule has 0 unspecified atom stereocenters. The molecule has 0 bridgehead atoms. The van der Waals surface area contributed by atoms with Crippen LogP contribution in [0.3, 0.4) is 0 Å². The van der Waals surface area contributed by atoms with Crippen molar-refractivity contribution >= 4 is 29.1 Å². The Morgan fingerprint density at radius 2 is 1.97 bits per heavy atom. The predicted octanol–water partition coefficient (Wildman–Crippen LogP) is 2.42. The van der Waals surface area contributed by atoms with Gasteiger partial charge in [0.1, 0.15) is 12.1 Å². The third kappa shape index (κ3) is 4.45. The number of anilines is 3. The van der Waals surface area contributed by atoms with Gasteiger partial charge >= 0.3 is 11.8 Å². The summed E-state index contributed by atoms with van der Waals surface area (Å²) < 4.78 is 10.3. The van der Waals surface area contributed by atoms with Crippen molar-refractivity contribution in [2.45, 2.75) is 6.92 Å². The zero-order chi connectivity index (χ0) is 20.8. The average Bonchev–Trinajstić information content (AvgIpc) is 2.74. The first-order valence-electron chi connectivity index (χ1n) is 9.11. The second-order valence-corrected chi connectivity index (χ2v) is 6.15. The van der Waals surface area contributed by atoms with Gasteiger partial charge in [0.2, 0.25) is 11.6 Å². The summed E-state index contributed by atoms with van der Waals surface area (Å²) in [4.78, 5) is 34.7. The Balaban J connectivity index is 1.85. The minimum Gasteiger partial charge on any atom is -0.495 e. The molecule has 1 fully saturated rings. The summed E-state index contributed by atoms with van der Waals surface area (Å²) in [6, 6.07) is 7.06. The largest absolute Gasteiger partial charge is 0.495 e. The highest BCUT2D eigenvalue weighted by Gasteiger charge is 2.31. The van der Waals surface area contributed by atoms with Crippen LogP contribution in [0.15, 0.2) is 30.6 Å². The molecule has 0 saturated carbocycles. The van der Waals surface area contributed by atoms with Crippen LogP contribution in [0.2, 0.25) is 0 Å². The lowest BCUT2D eigenvalue weighted by atomic mass is 10.2. The molecule has 154 valence electrons. The van der Waals surface area contributed by atoms with Crippen LogP contribution < -0.4 is 15.0 Å². The number of nitrogens with zero attached hydrogens (tertiary/aromatic N) is 5. The molecular weight excluding hydrogens is 380 g/mol. The topological polar surface area (TPSA) is 123 Å². The van der Waals surface area contributed by atoms with E-state index in [-0.39, 0.29) is 23.4 Å². The van der Waals surface area contributed by atoms with Crippen LogP contribution in [0.1, 0.15) is 6.92 Å². The summed E-state index contributed by atoms with van der Waals surface area (Å²) in [5, 5.41) is 14.8. The number of ether oxygens (including phenoxy) is 2. The summed E-state index contributed by atoms with van der Waals surface area (Å²) in [5.74, 6) is 0.799. The van der Waals surface area contributed by atoms with E-state index in [2.05, 4.69) is 15.3 Å². The zero-order valence-corrected chi connectivity index (χ0v) is 16.2. The summed E-state index contributed by atoms with van der Waals surface area (Å²) in [5.41, 5.74) is 0.317. The maximum atomic E-state index is 11.9. The maximum Gasteiger partial charge on any atom is 0.409 e. The van der Waals surface area contributed by atoms with Crippen LogP contribution in [-0.4, -0.2) is 65.8 Å². The molecule has 1 saturated heterocycles. The van der Waals surface area contributed by atoms with E-state index in [0.717, 1.165) is 0 Å². The number of piperazine rings is 1. The fraction of sp³-hybridized carbons (Fsp3) is 0.389. The standard InChI is InChI=1S/C18H22N6O5/c1-3-29-18(25)23-10-8-22(9-11-23)17-15(24(26)27)16(19-12-20-17)21-13-6-4-5-7-14(13)28-2/h4-7,12H,3,8-11H2,1-2H3,(H,19,20,21). The summed E-state index contributed by atoms with van der Waals surface area (Å²) >= 11 is 0. The van der Waals surface area contributed by atoms with Gasteiger partial charge in [-0.05, 0) is 19.1 Å². The molecule has 11 heteroatoms. The average molecular weight is 402 g/mol. The Morgan fingerprint density at radius 3 is 2.62 bits per heavy atom. The molecule has 2 aromatic rings. The SMILES string of the molecule is CCOC(=O)N1CCN(c2ncnc(Nc3ccccc3OC)c2[N+](=O)[O-])CC1. The van der Waals surface area contributed by atoms with Gasteiger partial charge in [-0.25, -0.2) is 14.8 Å². The van der Waals surface area contributed by atoms with Gasteiger partial charge in [0, 0.05) is 26.2 Å². The number of methoxy groups -OCH3 is 1. The van der Waals surface area contributed by atoms with E-state index in [9.17, 15) is 14.9 Å². The molecule has 1 aromatic carbocycles. The van der Waals surface area contributed by atoms with E-state index in [0.29, 0.717) is 44.2 Å². The van der Waals surface area contributed by atoms with Crippen molar-refractivity contribution in [2.75, 3.05) is 50.1 Å². The highest BCUT2D eigenvalue weighted by molar-refractivity contribution is 5.76. The van der Waals surface area contributed by atoms with E-state index in [1.165, 1.54) is 13.4 Å². The molecule has 1 N–H and O–H groups in total. The molecule has 11 nitrogen and oxygen atoms in total. The van der Waals surface area contributed by atoms with Crippen molar-refractivity contribution in [1.82, 2.24) is 14.9 Å². The van der Waals surface area contributed by atoms with Crippen molar-refractivity contribution in [3.05, 3.63) is 40.7 Å². The summed E-state index contributed by atoms with van der Waals surface area (Å²) in [6.45, 7) is 3.60. The van der Waals surface area contributed by atoms with E-state index >= 15 is 0 Å². The number of carbonyl (C=O) groups is 1. The molecule has 3 rings (SSSR count). The number of rotatable bonds is 6. The number of amides is 1. The fourth-order valence-corrected chi connectivity index (χ4v) is 3.05. The number of hydrogen-bond donors (Lipinski definition) is 1.